The summed E-state index contributed by atoms with van der Waals surface area (Å²) < 4.78 is 28.6. The maximum Gasteiger partial charge on any atom is 0.150 e. The van der Waals surface area contributed by atoms with Crippen LogP contribution in [0, 0.1) is 15.2 Å². The molecule has 2 aromatic rings. The molecule has 18 heavy (non-hydrogen) atoms. The fraction of sp³-hybridized carbons (Fsp3) is 0.0769. The molecule has 0 saturated carbocycles. The summed E-state index contributed by atoms with van der Waals surface area (Å²) in [5.74, 6) is -1.21. The molecule has 1 N–H and O–H groups in total. The third kappa shape index (κ3) is 3.41. The standard InChI is InChI=1S/C13H9BrF2IN/c14-9-5-11(15)13(12(16)6-9)18-7-8-2-1-3-10(17)4-8/h1-6,18H,7H2. The first-order valence-corrected chi connectivity index (χ1v) is 7.06. The summed E-state index contributed by atoms with van der Waals surface area (Å²) in [6.45, 7) is 0.381. The van der Waals surface area contributed by atoms with Gasteiger partial charge in [0.1, 0.15) is 17.3 Å². The minimum Gasteiger partial charge on any atom is -0.376 e. The summed E-state index contributed by atoms with van der Waals surface area (Å²) in [4.78, 5) is 0. The van der Waals surface area contributed by atoms with Gasteiger partial charge >= 0.3 is 0 Å². The summed E-state index contributed by atoms with van der Waals surface area (Å²) in [5, 5.41) is 2.78. The van der Waals surface area contributed by atoms with Crippen LogP contribution < -0.4 is 5.32 Å². The molecule has 0 atom stereocenters. The zero-order chi connectivity index (χ0) is 13.1. The van der Waals surface area contributed by atoms with Crippen LogP contribution in [0.3, 0.4) is 0 Å². The van der Waals surface area contributed by atoms with Crippen molar-refractivity contribution in [3.8, 4) is 0 Å². The Labute approximate surface area is 126 Å². The van der Waals surface area contributed by atoms with Gasteiger partial charge in [0, 0.05) is 14.6 Å². The van der Waals surface area contributed by atoms with Gasteiger partial charge in [0.25, 0.3) is 0 Å². The molecule has 0 aliphatic carbocycles. The summed E-state index contributed by atoms with van der Waals surface area (Å²) in [6.07, 6.45) is 0. The molecule has 1 nitrogen and oxygen atoms in total. The van der Waals surface area contributed by atoms with E-state index in [0.717, 1.165) is 9.13 Å². The molecular formula is C13H9BrF2IN. The van der Waals surface area contributed by atoms with Crippen LogP contribution >= 0.6 is 38.5 Å². The normalized spacial score (nSPS) is 10.4. The van der Waals surface area contributed by atoms with Crippen molar-refractivity contribution in [2.45, 2.75) is 6.54 Å². The average molecular weight is 424 g/mol. The van der Waals surface area contributed by atoms with Crippen molar-refractivity contribution in [1.82, 2.24) is 0 Å². The van der Waals surface area contributed by atoms with Crippen molar-refractivity contribution >= 4 is 44.2 Å². The number of nitrogens with one attached hydrogen (secondary N) is 1. The van der Waals surface area contributed by atoms with Crippen LogP contribution in [0.4, 0.5) is 14.5 Å². The van der Waals surface area contributed by atoms with Crippen LogP contribution in [-0.4, -0.2) is 0 Å². The van der Waals surface area contributed by atoms with Crippen molar-refractivity contribution in [1.29, 1.82) is 0 Å². The van der Waals surface area contributed by atoms with E-state index in [2.05, 4.69) is 43.8 Å². The molecule has 0 fully saturated rings. The second kappa shape index (κ2) is 5.97. The topological polar surface area (TPSA) is 12.0 Å². The van der Waals surface area contributed by atoms with Gasteiger partial charge in [0.05, 0.1) is 0 Å². The first-order valence-electron chi connectivity index (χ1n) is 5.19. The molecule has 0 amide bonds. The molecule has 0 unspecified atom stereocenters. The molecular weight excluding hydrogens is 415 g/mol. The number of hydrogen-bond acceptors (Lipinski definition) is 1. The monoisotopic (exact) mass is 423 g/mol. The molecule has 0 heterocycles. The van der Waals surface area contributed by atoms with Crippen molar-refractivity contribution in [3.63, 3.8) is 0 Å². The molecule has 2 aromatic carbocycles. The highest BCUT2D eigenvalue weighted by Gasteiger charge is 2.09. The Morgan fingerprint density at radius 1 is 1.11 bits per heavy atom. The van der Waals surface area contributed by atoms with Crippen LogP contribution in [0.1, 0.15) is 5.56 Å². The Bertz CT molecular complexity index is 552. The van der Waals surface area contributed by atoms with Crippen molar-refractivity contribution in [3.05, 3.63) is 61.6 Å². The van der Waals surface area contributed by atoms with Crippen molar-refractivity contribution < 1.29 is 8.78 Å². The summed E-state index contributed by atoms with van der Waals surface area (Å²) >= 11 is 5.24. The Hall–Kier alpha value is -0.690. The third-order valence-corrected chi connectivity index (χ3v) is 3.49. The molecule has 0 aromatic heterocycles. The summed E-state index contributed by atoms with van der Waals surface area (Å²) in [6, 6.07) is 10.2. The van der Waals surface area contributed by atoms with Crippen LogP contribution in [-0.2, 0) is 6.54 Å². The first kappa shape index (κ1) is 13.7. The lowest BCUT2D eigenvalue weighted by atomic mass is 10.2. The van der Waals surface area contributed by atoms with E-state index in [4.69, 9.17) is 0 Å². The molecule has 0 saturated heterocycles. The Balaban J connectivity index is 2.16. The van der Waals surface area contributed by atoms with Crippen LogP contribution in [0.25, 0.3) is 0 Å². The average Bonchev–Trinajstić information content (AvgIpc) is 2.27. The van der Waals surface area contributed by atoms with Gasteiger partial charge in [-0.3, -0.25) is 0 Å². The molecule has 2 rings (SSSR count). The molecule has 0 spiro atoms. The molecule has 5 heteroatoms. The highest BCUT2D eigenvalue weighted by Crippen LogP contribution is 2.24. The van der Waals surface area contributed by atoms with E-state index in [0.29, 0.717) is 11.0 Å². The SMILES string of the molecule is Fc1cc(Br)cc(F)c1NCc1cccc(I)c1. The first-order chi connectivity index (χ1) is 8.56. The van der Waals surface area contributed by atoms with Gasteiger partial charge in [0.15, 0.2) is 0 Å². The maximum atomic E-state index is 13.6. The molecule has 0 bridgehead atoms. The Kier molecular flexibility index (Phi) is 4.55. The highest BCUT2D eigenvalue weighted by atomic mass is 127. The molecule has 0 aliphatic heterocycles. The van der Waals surface area contributed by atoms with Crippen LogP contribution in [0.15, 0.2) is 40.9 Å². The van der Waals surface area contributed by atoms with Crippen molar-refractivity contribution in [2.24, 2.45) is 0 Å². The van der Waals surface area contributed by atoms with Gasteiger partial charge in [-0.2, -0.15) is 0 Å². The second-order valence-corrected chi connectivity index (χ2v) is 5.89. The fourth-order valence-electron chi connectivity index (χ4n) is 1.55. The molecule has 0 aliphatic rings. The summed E-state index contributed by atoms with van der Waals surface area (Å²) in [7, 11) is 0. The number of anilines is 1. The van der Waals surface area contributed by atoms with Crippen LogP contribution in [0.2, 0.25) is 0 Å². The van der Waals surface area contributed by atoms with Gasteiger partial charge in [-0.05, 0) is 52.4 Å². The van der Waals surface area contributed by atoms with Gasteiger partial charge in [0.2, 0.25) is 0 Å². The minimum absolute atomic E-state index is 0.0999. The van der Waals surface area contributed by atoms with Crippen LogP contribution in [0.5, 0.6) is 0 Å². The minimum atomic E-state index is -0.604. The predicted octanol–water partition coefficient (Wildman–Crippen LogP) is 4.94. The lowest BCUT2D eigenvalue weighted by molar-refractivity contribution is 0.586. The lowest BCUT2D eigenvalue weighted by Gasteiger charge is -2.09. The van der Waals surface area contributed by atoms with Gasteiger partial charge in [-0.25, -0.2) is 8.78 Å². The van der Waals surface area contributed by atoms with E-state index in [-0.39, 0.29) is 5.69 Å². The van der Waals surface area contributed by atoms with Gasteiger partial charge in [-0.15, -0.1) is 0 Å². The number of hydrogen-bond donors (Lipinski definition) is 1. The smallest absolute Gasteiger partial charge is 0.150 e. The molecule has 0 radical (unpaired) electrons. The number of rotatable bonds is 3. The zero-order valence-electron chi connectivity index (χ0n) is 9.18. The Morgan fingerprint density at radius 3 is 2.39 bits per heavy atom. The van der Waals surface area contributed by atoms with E-state index in [1.165, 1.54) is 12.1 Å². The largest absolute Gasteiger partial charge is 0.376 e. The molecule has 94 valence electrons. The van der Waals surface area contributed by atoms with E-state index < -0.39 is 11.6 Å². The van der Waals surface area contributed by atoms with Gasteiger partial charge in [-0.1, -0.05) is 28.1 Å². The zero-order valence-corrected chi connectivity index (χ0v) is 12.9. The van der Waals surface area contributed by atoms with E-state index in [9.17, 15) is 8.78 Å². The number of benzene rings is 2. The van der Waals surface area contributed by atoms with Crippen molar-refractivity contribution in [2.75, 3.05) is 5.32 Å². The van der Waals surface area contributed by atoms with Gasteiger partial charge < -0.3 is 5.32 Å². The lowest BCUT2D eigenvalue weighted by Crippen LogP contribution is -2.04. The number of halogens is 4. The quantitative estimate of drug-likeness (QED) is 0.689. The van der Waals surface area contributed by atoms with E-state index >= 15 is 0 Å². The predicted molar refractivity (Wildman–Crippen MR) is 80.5 cm³/mol. The third-order valence-electron chi connectivity index (χ3n) is 2.37. The Morgan fingerprint density at radius 2 is 1.78 bits per heavy atom. The second-order valence-electron chi connectivity index (χ2n) is 3.73. The van der Waals surface area contributed by atoms with E-state index in [1.807, 2.05) is 24.3 Å². The van der Waals surface area contributed by atoms with E-state index in [1.54, 1.807) is 0 Å². The highest BCUT2D eigenvalue weighted by molar-refractivity contribution is 14.1. The summed E-state index contributed by atoms with van der Waals surface area (Å²) in [5.41, 5.74) is 0.876. The maximum absolute atomic E-state index is 13.6. The fourth-order valence-corrected chi connectivity index (χ4v) is 2.56.